The number of anilines is 2. The molecule has 0 bridgehead atoms. The van der Waals surface area contributed by atoms with E-state index in [4.69, 9.17) is 16.2 Å². The van der Waals surface area contributed by atoms with Crippen LogP contribution in [-0.4, -0.2) is 25.2 Å². The number of amides is 1. The molecule has 5 nitrogen and oxygen atoms in total. The van der Waals surface area contributed by atoms with Crippen LogP contribution in [0.5, 0.6) is 0 Å². The number of rotatable bonds is 3. The zero-order valence-electron chi connectivity index (χ0n) is 10.5. The van der Waals surface area contributed by atoms with E-state index in [1.165, 1.54) is 0 Å². The van der Waals surface area contributed by atoms with Crippen molar-refractivity contribution in [1.82, 2.24) is 5.32 Å². The predicted octanol–water partition coefficient (Wildman–Crippen LogP) is 1.01. The van der Waals surface area contributed by atoms with Crippen LogP contribution in [0.2, 0.25) is 0 Å². The van der Waals surface area contributed by atoms with Gasteiger partial charge in [0.1, 0.15) is 0 Å². The molecule has 1 heterocycles. The van der Waals surface area contributed by atoms with E-state index in [9.17, 15) is 4.79 Å². The maximum atomic E-state index is 11.9. The van der Waals surface area contributed by atoms with Crippen molar-refractivity contribution in [3.05, 3.63) is 23.8 Å². The van der Waals surface area contributed by atoms with Gasteiger partial charge in [0.25, 0.3) is 5.91 Å². The quantitative estimate of drug-likeness (QED) is 0.697. The molecular weight excluding hydrogens is 230 g/mol. The third-order valence-corrected chi connectivity index (χ3v) is 3.30. The van der Waals surface area contributed by atoms with Gasteiger partial charge in [0.2, 0.25) is 0 Å². The molecule has 0 aliphatic carbocycles. The van der Waals surface area contributed by atoms with Crippen molar-refractivity contribution in [2.24, 2.45) is 5.92 Å². The third-order valence-electron chi connectivity index (χ3n) is 3.30. The number of hydrogen-bond donors (Lipinski definition) is 3. The van der Waals surface area contributed by atoms with Crippen LogP contribution >= 0.6 is 0 Å². The molecule has 2 rings (SSSR count). The number of hydrogen-bond acceptors (Lipinski definition) is 4. The first kappa shape index (κ1) is 12.7. The molecule has 1 aliphatic rings. The summed E-state index contributed by atoms with van der Waals surface area (Å²) in [7, 11) is 0. The Bertz CT molecular complexity index is 428. The van der Waals surface area contributed by atoms with Crippen molar-refractivity contribution in [2.45, 2.75) is 19.4 Å². The van der Waals surface area contributed by atoms with Crippen molar-refractivity contribution in [3.63, 3.8) is 0 Å². The summed E-state index contributed by atoms with van der Waals surface area (Å²) in [4.78, 5) is 11.9. The van der Waals surface area contributed by atoms with Crippen LogP contribution < -0.4 is 16.8 Å². The molecule has 0 spiro atoms. The van der Waals surface area contributed by atoms with Gasteiger partial charge in [0.05, 0.1) is 6.10 Å². The minimum atomic E-state index is -0.145. The fourth-order valence-corrected chi connectivity index (χ4v) is 2.18. The fourth-order valence-electron chi connectivity index (χ4n) is 2.18. The van der Waals surface area contributed by atoms with Crippen molar-refractivity contribution in [2.75, 3.05) is 24.6 Å². The summed E-state index contributed by atoms with van der Waals surface area (Å²) in [6.07, 6.45) is 1.19. The Morgan fingerprint density at radius 3 is 2.61 bits per heavy atom. The number of nitrogen functional groups attached to an aromatic ring is 2. The standard InChI is InChI=1S/C13H19N3O2/c1-8-9(2-3-18-8)7-16-13(17)10-4-11(14)6-12(15)5-10/h4-6,8-9H,2-3,7,14-15H2,1H3,(H,16,17). The van der Waals surface area contributed by atoms with Gasteiger partial charge in [0, 0.05) is 36.0 Å². The van der Waals surface area contributed by atoms with Crippen LogP contribution in [-0.2, 0) is 4.74 Å². The monoisotopic (exact) mass is 249 g/mol. The molecule has 0 saturated carbocycles. The maximum Gasteiger partial charge on any atom is 0.251 e. The number of carbonyl (C=O) groups is 1. The van der Waals surface area contributed by atoms with E-state index in [1.54, 1.807) is 18.2 Å². The van der Waals surface area contributed by atoms with E-state index in [1.807, 2.05) is 6.92 Å². The van der Waals surface area contributed by atoms with E-state index in [0.29, 0.717) is 29.4 Å². The molecule has 1 aliphatic heterocycles. The van der Waals surface area contributed by atoms with Gasteiger partial charge in [0.15, 0.2) is 0 Å². The summed E-state index contributed by atoms with van der Waals surface area (Å²) >= 11 is 0. The molecular formula is C13H19N3O2. The normalized spacial score (nSPS) is 22.9. The van der Waals surface area contributed by atoms with Crippen LogP contribution in [0.25, 0.3) is 0 Å². The molecule has 5 heteroatoms. The van der Waals surface area contributed by atoms with E-state index in [-0.39, 0.29) is 12.0 Å². The van der Waals surface area contributed by atoms with Gasteiger partial charge in [-0.2, -0.15) is 0 Å². The number of carbonyl (C=O) groups excluding carboxylic acids is 1. The zero-order chi connectivity index (χ0) is 13.1. The second-order valence-corrected chi connectivity index (χ2v) is 4.72. The van der Waals surface area contributed by atoms with Crippen molar-refractivity contribution in [1.29, 1.82) is 0 Å². The van der Waals surface area contributed by atoms with Crippen LogP contribution in [0, 0.1) is 5.92 Å². The van der Waals surface area contributed by atoms with E-state index >= 15 is 0 Å². The molecule has 1 fully saturated rings. The van der Waals surface area contributed by atoms with Crippen LogP contribution in [0.15, 0.2) is 18.2 Å². The average molecular weight is 249 g/mol. The maximum absolute atomic E-state index is 11.9. The lowest BCUT2D eigenvalue weighted by Crippen LogP contribution is -2.32. The lowest BCUT2D eigenvalue weighted by molar-refractivity contribution is 0.0907. The molecule has 1 aromatic rings. The van der Waals surface area contributed by atoms with Gasteiger partial charge in [-0.1, -0.05) is 0 Å². The summed E-state index contributed by atoms with van der Waals surface area (Å²) < 4.78 is 5.45. The molecule has 0 aromatic heterocycles. The molecule has 2 unspecified atom stereocenters. The molecule has 18 heavy (non-hydrogen) atoms. The zero-order valence-corrected chi connectivity index (χ0v) is 10.5. The van der Waals surface area contributed by atoms with Crippen LogP contribution in [0.4, 0.5) is 11.4 Å². The Balaban J connectivity index is 1.95. The summed E-state index contributed by atoms with van der Waals surface area (Å²) in [6.45, 7) is 3.42. The minimum Gasteiger partial charge on any atom is -0.399 e. The van der Waals surface area contributed by atoms with Crippen molar-refractivity contribution < 1.29 is 9.53 Å². The largest absolute Gasteiger partial charge is 0.399 e. The van der Waals surface area contributed by atoms with Gasteiger partial charge < -0.3 is 21.5 Å². The Hall–Kier alpha value is -1.75. The highest BCUT2D eigenvalue weighted by molar-refractivity contribution is 5.96. The highest BCUT2D eigenvalue weighted by atomic mass is 16.5. The van der Waals surface area contributed by atoms with E-state index in [0.717, 1.165) is 13.0 Å². The Morgan fingerprint density at radius 1 is 1.39 bits per heavy atom. The number of ether oxygens (including phenoxy) is 1. The number of benzene rings is 1. The lowest BCUT2D eigenvalue weighted by atomic mass is 10.0. The van der Waals surface area contributed by atoms with Gasteiger partial charge in [-0.15, -0.1) is 0 Å². The van der Waals surface area contributed by atoms with E-state index in [2.05, 4.69) is 5.32 Å². The fraction of sp³-hybridized carbons (Fsp3) is 0.462. The van der Waals surface area contributed by atoms with Gasteiger partial charge in [-0.05, 0) is 31.5 Å². The second-order valence-electron chi connectivity index (χ2n) is 4.72. The topological polar surface area (TPSA) is 90.4 Å². The summed E-state index contributed by atoms with van der Waals surface area (Å²) in [6, 6.07) is 4.88. The van der Waals surface area contributed by atoms with Gasteiger partial charge in [-0.3, -0.25) is 4.79 Å². The van der Waals surface area contributed by atoms with Crippen LogP contribution in [0.3, 0.4) is 0 Å². The Labute approximate surface area is 106 Å². The third kappa shape index (κ3) is 2.92. The lowest BCUT2D eigenvalue weighted by Gasteiger charge is -2.15. The molecule has 1 amide bonds. The Kier molecular flexibility index (Phi) is 3.72. The number of nitrogens with one attached hydrogen (secondary N) is 1. The summed E-state index contributed by atoms with van der Waals surface area (Å²) in [5.74, 6) is 0.237. The van der Waals surface area contributed by atoms with E-state index < -0.39 is 0 Å². The van der Waals surface area contributed by atoms with Gasteiger partial charge >= 0.3 is 0 Å². The molecule has 1 aromatic carbocycles. The molecule has 2 atom stereocenters. The number of nitrogens with two attached hydrogens (primary N) is 2. The van der Waals surface area contributed by atoms with Gasteiger partial charge in [-0.25, -0.2) is 0 Å². The first-order valence-electron chi connectivity index (χ1n) is 6.12. The minimum absolute atomic E-state index is 0.145. The first-order chi connectivity index (χ1) is 8.56. The molecule has 0 radical (unpaired) electrons. The summed E-state index contributed by atoms with van der Waals surface area (Å²) in [5, 5.41) is 2.90. The smallest absolute Gasteiger partial charge is 0.251 e. The van der Waals surface area contributed by atoms with Crippen molar-refractivity contribution >= 4 is 17.3 Å². The second kappa shape index (κ2) is 5.27. The first-order valence-corrected chi connectivity index (χ1v) is 6.12. The average Bonchev–Trinajstić information content (AvgIpc) is 2.70. The SMILES string of the molecule is CC1OCCC1CNC(=O)c1cc(N)cc(N)c1. The molecule has 1 saturated heterocycles. The van der Waals surface area contributed by atoms with Crippen LogP contribution in [0.1, 0.15) is 23.7 Å². The molecule has 5 N–H and O–H groups in total. The summed E-state index contributed by atoms with van der Waals surface area (Å²) in [5.41, 5.74) is 12.8. The van der Waals surface area contributed by atoms with Crippen molar-refractivity contribution in [3.8, 4) is 0 Å². The highest BCUT2D eigenvalue weighted by Crippen LogP contribution is 2.19. The molecule has 98 valence electrons. The highest BCUT2D eigenvalue weighted by Gasteiger charge is 2.24. The predicted molar refractivity (Wildman–Crippen MR) is 71.1 cm³/mol. The Morgan fingerprint density at radius 2 is 2.06 bits per heavy atom.